The number of sulfonamides is 1. The Morgan fingerprint density at radius 2 is 2.10 bits per heavy atom. The number of benzene rings is 1. The molecule has 1 unspecified atom stereocenters. The minimum absolute atomic E-state index is 0.173. The summed E-state index contributed by atoms with van der Waals surface area (Å²) in [5.41, 5.74) is 0.378. The van der Waals surface area contributed by atoms with Gasteiger partial charge in [-0.3, -0.25) is 4.90 Å². The Morgan fingerprint density at radius 3 is 2.76 bits per heavy atom. The van der Waals surface area contributed by atoms with Gasteiger partial charge in [-0.1, -0.05) is 6.07 Å². The predicted octanol–water partition coefficient (Wildman–Crippen LogP) is 0.833. The normalized spacial score (nSPS) is 23.6. The lowest BCUT2D eigenvalue weighted by molar-refractivity contribution is 0.281. The number of aliphatic hydroxyl groups is 1. The maximum absolute atomic E-state index is 13.8. The first kappa shape index (κ1) is 14.9. The number of hydrogen-bond acceptors (Lipinski definition) is 4. The first-order valence-corrected chi connectivity index (χ1v) is 8.63. The van der Waals surface area contributed by atoms with Crippen LogP contribution in [0, 0.1) is 5.82 Å². The number of halogens is 1. The molecule has 0 bridgehead atoms. The van der Waals surface area contributed by atoms with Crippen LogP contribution in [0.3, 0.4) is 0 Å². The average molecular weight is 314 g/mol. The van der Waals surface area contributed by atoms with Crippen molar-refractivity contribution in [1.29, 1.82) is 0 Å². The van der Waals surface area contributed by atoms with Crippen LogP contribution in [-0.4, -0.2) is 43.6 Å². The number of aliphatic hydroxyl groups excluding tert-OH is 1. The van der Waals surface area contributed by atoms with Gasteiger partial charge in [-0.15, -0.1) is 0 Å². The van der Waals surface area contributed by atoms with E-state index in [1.54, 1.807) is 0 Å². The first-order chi connectivity index (χ1) is 9.99. The molecule has 0 radical (unpaired) electrons. The summed E-state index contributed by atoms with van der Waals surface area (Å²) in [6.07, 6.45) is 3.12. The summed E-state index contributed by atoms with van der Waals surface area (Å²) in [6.45, 7) is 1.25. The molecule has 2 aliphatic rings. The zero-order valence-corrected chi connectivity index (χ0v) is 12.4. The molecule has 1 saturated carbocycles. The molecule has 21 heavy (non-hydrogen) atoms. The van der Waals surface area contributed by atoms with Crippen LogP contribution in [0.25, 0.3) is 0 Å². The third-order valence-corrected chi connectivity index (χ3v) is 5.61. The van der Waals surface area contributed by atoms with Gasteiger partial charge in [-0.25, -0.2) is 17.5 Å². The summed E-state index contributed by atoms with van der Waals surface area (Å²) in [5, 5.41) is 9.06. The fraction of sp³-hybridized carbons (Fsp3) is 0.571. The maximum atomic E-state index is 13.8. The summed E-state index contributed by atoms with van der Waals surface area (Å²) >= 11 is 0. The van der Waals surface area contributed by atoms with Crippen molar-refractivity contribution in [1.82, 2.24) is 9.62 Å². The zero-order chi connectivity index (χ0) is 15.0. The topological polar surface area (TPSA) is 69.6 Å². The van der Waals surface area contributed by atoms with Crippen LogP contribution in [-0.2, 0) is 16.6 Å². The van der Waals surface area contributed by atoms with E-state index < -0.39 is 15.8 Å². The van der Waals surface area contributed by atoms with Crippen molar-refractivity contribution in [3.8, 4) is 0 Å². The van der Waals surface area contributed by atoms with Crippen molar-refractivity contribution in [2.45, 2.75) is 42.8 Å². The van der Waals surface area contributed by atoms with Crippen molar-refractivity contribution in [3.05, 3.63) is 29.6 Å². The Bertz CT molecular complexity index is 631. The van der Waals surface area contributed by atoms with E-state index in [1.165, 1.54) is 25.0 Å². The number of rotatable bonds is 5. The fourth-order valence-corrected chi connectivity index (χ4v) is 4.18. The highest BCUT2D eigenvalue weighted by molar-refractivity contribution is 7.89. The molecular weight excluding hydrogens is 295 g/mol. The second-order valence-electron chi connectivity index (χ2n) is 5.76. The van der Waals surface area contributed by atoms with Crippen LogP contribution < -0.4 is 4.72 Å². The number of hydrogen-bond donors (Lipinski definition) is 2. The van der Waals surface area contributed by atoms with E-state index >= 15 is 0 Å². The Hall–Kier alpha value is -1.02. The van der Waals surface area contributed by atoms with Crippen LogP contribution in [0.5, 0.6) is 0 Å². The van der Waals surface area contributed by atoms with Crippen molar-refractivity contribution in [2.75, 3.05) is 13.1 Å². The smallest absolute Gasteiger partial charge is 0.243 e. The second-order valence-corrected chi connectivity index (χ2v) is 7.44. The van der Waals surface area contributed by atoms with Crippen LogP contribution in [0.4, 0.5) is 4.39 Å². The summed E-state index contributed by atoms with van der Waals surface area (Å²) in [6, 6.07) is 4.07. The molecule has 7 heteroatoms. The van der Waals surface area contributed by atoms with E-state index in [0.717, 1.165) is 19.0 Å². The van der Waals surface area contributed by atoms with Gasteiger partial charge in [-0.05, 0) is 37.0 Å². The SMILES string of the molecule is O=S(=O)(NC1CCN(C2CC2)C1)c1cc(CO)ccc1F. The molecule has 1 aromatic carbocycles. The highest BCUT2D eigenvalue weighted by atomic mass is 32.2. The van der Waals surface area contributed by atoms with Gasteiger partial charge >= 0.3 is 0 Å². The Balaban J connectivity index is 1.74. The van der Waals surface area contributed by atoms with Crippen LogP contribution >= 0.6 is 0 Å². The summed E-state index contributed by atoms with van der Waals surface area (Å²) in [7, 11) is -3.90. The van der Waals surface area contributed by atoms with Gasteiger partial charge < -0.3 is 5.11 Å². The van der Waals surface area contributed by atoms with Crippen LogP contribution in [0.1, 0.15) is 24.8 Å². The number of likely N-dealkylation sites (tertiary alicyclic amines) is 1. The average Bonchev–Trinajstić information content (AvgIpc) is 3.20. The molecule has 116 valence electrons. The van der Waals surface area contributed by atoms with E-state index in [0.29, 0.717) is 18.2 Å². The Labute approximate surface area is 123 Å². The minimum atomic E-state index is -3.90. The minimum Gasteiger partial charge on any atom is -0.392 e. The molecule has 1 heterocycles. The molecule has 5 nitrogen and oxygen atoms in total. The molecule has 0 spiro atoms. The van der Waals surface area contributed by atoms with Gasteiger partial charge in [-0.2, -0.15) is 0 Å². The summed E-state index contributed by atoms with van der Waals surface area (Å²) in [4.78, 5) is 1.90. The van der Waals surface area contributed by atoms with Gasteiger partial charge in [0.1, 0.15) is 10.7 Å². The van der Waals surface area contributed by atoms with Crippen molar-refractivity contribution >= 4 is 10.0 Å². The van der Waals surface area contributed by atoms with Gasteiger partial charge in [0.15, 0.2) is 0 Å². The fourth-order valence-electron chi connectivity index (χ4n) is 2.79. The van der Waals surface area contributed by atoms with E-state index in [9.17, 15) is 12.8 Å². The zero-order valence-electron chi connectivity index (χ0n) is 11.6. The van der Waals surface area contributed by atoms with Crippen molar-refractivity contribution < 1.29 is 17.9 Å². The lowest BCUT2D eigenvalue weighted by Gasteiger charge is -2.16. The lowest BCUT2D eigenvalue weighted by atomic mass is 10.2. The number of nitrogens with one attached hydrogen (secondary N) is 1. The molecule has 1 aromatic rings. The molecule has 1 saturated heterocycles. The van der Waals surface area contributed by atoms with Gasteiger partial charge in [0, 0.05) is 25.2 Å². The largest absolute Gasteiger partial charge is 0.392 e. The Kier molecular flexibility index (Phi) is 4.00. The highest BCUT2D eigenvalue weighted by Gasteiger charge is 2.36. The summed E-state index contributed by atoms with van der Waals surface area (Å²) in [5.74, 6) is -0.795. The molecule has 1 aliphatic heterocycles. The van der Waals surface area contributed by atoms with E-state index in [4.69, 9.17) is 5.11 Å². The first-order valence-electron chi connectivity index (χ1n) is 7.15. The van der Waals surface area contributed by atoms with Gasteiger partial charge in [0.2, 0.25) is 10.0 Å². The second kappa shape index (κ2) is 5.64. The summed E-state index contributed by atoms with van der Waals surface area (Å²) < 4.78 is 41.0. The maximum Gasteiger partial charge on any atom is 0.243 e. The third kappa shape index (κ3) is 3.26. The molecule has 1 aliphatic carbocycles. The van der Waals surface area contributed by atoms with E-state index in [2.05, 4.69) is 9.62 Å². The van der Waals surface area contributed by atoms with E-state index in [-0.39, 0.29) is 17.5 Å². The molecular formula is C14H19FN2O3S. The standard InChI is InChI=1S/C14H19FN2O3S/c15-13-4-1-10(9-18)7-14(13)21(19,20)16-11-5-6-17(8-11)12-2-3-12/h1,4,7,11-12,16,18H,2-3,5-6,8-9H2. The Morgan fingerprint density at radius 1 is 1.33 bits per heavy atom. The van der Waals surface area contributed by atoms with Crippen LogP contribution in [0.15, 0.2) is 23.1 Å². The molecule has 0 amide bonds. The van der Waals surface area contributed by atoms with Crippen molar-refractivity contribution in [2.24, 2.45) is 0 Å². The van der Waals surface area contributed by atoms with Crippen LogP contribution in [0.2, 0.25) is 0 Å². The van der Waals surface area contributed by atoms with Gasteiger partial charge in [0.05, 0.1) is 6.61 Å². The highest BCUT2D eigenvalue weighted by Crippen LogP contribution is 2.30. The molecule has 3 rings (SSSR count). The quantitative estimate of drug-likeness (QED) is 0.845. The van der Waals surface area contributed by atoms with Crippen molar-refractivity contribution in [3.63, 3.8) is 0 Å². The van der Waals surface area contributed by atoms with E-state index in [1.807, 2.05) is 0 Å². The third-order valence-electron chi connectivity index (χ3n) is 4.07. The lowest BCUT2D eigenvalue weighted by Crippen LogP contribution is -2.37. The molecule has 2 N–H and O–H groups in total. The predicted molar refractivity (Wildman–Crippen MR) is 75.6 cm³/mol. The monoisotopic (exact) mass is 314 g/mol. The molecule has 0 aromatic heterocycles. The molecule has 2 fully saturated rings. The number of nitrogens with zero attached hydrogens (tertiary/aromatic N) is 1. The molecule has 1 atom stereocenters. The van der Waals surface area contributed by atoms with Gasteiger partial charge in [0.25, 0.3) is 0 Å².